The van der Waals surface area contributed by atoms with Crippen LogP contribution in [0.4, 0.5) is 0 Å². The van der Waals surface area contributed by atoms with Crippen LogP contribution in [0.3, 0.4) is 0 Å². The van der Waals surface area contributed by atoms with Gasteiger partial charge >= 0.3 is 0 Å². The predicted octanol–water partition coefficient (Wildman–Crippen LogP) is 2.19. The molecule has 1 fully saturated rings. The zero-order valence-electron chi connectivity index (χ0n) is 20.4. The van der Waals surface area contributed by atoms with Crippen molar-refractivity contribution in [1.29, 1.82) is 0 Å². The average Bonchev–Trinajstić information content (AvgIpc) is 2.86. The largest absolute Gasteiger partial charge is 0.394 e. The number of aliphatic hydroxyl groups is 4. The van der Waals surface area contributed by atoms with Gasteiger partial charge in [0, 0.05) is 31.8 Å². The molecule has 5 atom stereocenters. The first-order chi connectivity index (χ1) is 16.6. The minimum absolute atomic E-state index is 0.447. The van der Waals surface area contributed by atoms with E-state index >= 15 is 0 Å². The minimum Gasteiger partial charge on any atom is -0.394 e. The molecule has 0 aromatic carbocycles. The molecular formula is C26H42N2O6. The fourth-order valence-corrected chi connectivity index (χ4v) is 4.11. The van der Waals surface area contributed by atoms with Gasteiger partial charge in [-0.15, -0.1) is 11.8 Å². The Morgan fingerprint density at radius 3 is 2.26 bits per heavy atom. The fourth-order valence-electron chi connectivity index (χ4n) is 4.11. The van der Waals surface area contributed by atoms with Crippen molar-refractivity contribution in [1.82, 2.24) is 10.0 Å². The van der Waals surface area contributed by atoms with E-state index in [0.717, 1.165) is 44.9 Å². The van der Waals surface area contributed by atoms with Gasteiger partial charge in [0.2, 0.25) is 0 Å². The summed E-state index contributed by atoms with van der Waals surface area (Å²) in [5.41, 5.74) is 1.24. The third-order valence-corrected chi connectivity index (χ3v) is 6.20. The van der Waals surface area contributed by atoms with E-state index < -0.39 is 37.3 Å². The molecule has 1 aliphatic rings. The summed E-state index contributed by atoms with van der Waals surface area (Å²) in [7, 11) is 1.48. The smallest absolute Gasteiger partial charge is 0.162 e. The molecule has 2 unspecified atom stereocenters. The second-order valence-electron chi connectivity index (χ2n) is 8.84. The molecule has 1 saturated heterocycles. The molecule has 0 spiro atoms. The van der Waals surface area contributed by atoms with Gasteiger partial charge in [0.15, 0.2) is 6.23 Å². The highest BCUT2D eigenvalue weighted by Crippen LogP contribution is 2.24. The summed E-state index contributed by atoms with van der Waals surface area (Å²) in [6.07, 6.45) is 9.59. The monoisotopic (exact) mass is 478 g/mol. The first-order valence-electron chi connectivity index (χ1n) is 12.5. The minimum atomic E-state index is -1.40. The van der Waals surface area contributed by atoms with E-state index in [1.165, 1.54) is 43.4 Å². The first-order valence-corrected chi connectivity index (χ1v) is 12.5. The van der Waals surface area contributed by atoms with Crippen molar-refractivity contribution < 1.29 is 30.0 Å². The number of hydroxylamine groups is 2. The Kier molecular flexibility index (Phi) is 14.3. The second-order valence-corrected chi connectivity index (χ2v) is 8.84. The van der Waals surface area contributed by atoms with Crippen molar-refractivity contribution in [2.45, 2.75) is 101 Å². The Balaban J connectivity index is 1.47. The zero-order valence-corrected chi connectivity index (χ0v) is 20.4. The van der Waals surface area contributed by atoms with Gasteiger partial charge in [-0.1, -0.05) is 44.6 Å². The van der Waals surface area contributed by atoms with E-state index in [4.69, 9.17) is 9.57 Å². The Labute approximate surface area is 203 Å². The average molecular weight is 479 g/mol. The number of hydrogen-bond donors (Lipinski definition) is 4. The highest BCUT2D eigenvalue weighted by Gasteiger charge is 2.45. The zero-order chi connectivity index (χ0) is 24.6. The quantitative estimate of drug-likeness (QED) is 0.172. The number of ether oxygens (including phenoxy) is 1. The molecule has 0 bridgehead atoms. The maximum atomic E-state index is 10.2. The van der Waals surface area contributed by atoms with Crippen LogP contribution in [0, 0.1) is 11.8 Å². The van der Waals surface area contributed by atoms with Gasteiger partial charge < -0.3 is 25.2 Å². The Bertz CT molecular complexity index is 708. The van der Waals surface area contributed by atoms with Crippen molar-refractivity contribution in [3.05, 3.63) is 30.1 Å². The van der Waals surface area contributed by atoms with Crippen LogP contribution in [0.5, 0.6) is 0 Å². The molecule has 4 N–H and O–H groups in total. The van der Waals surface area contributed by atoms with Crippen LogP contribution < -0.4 is 0 Å². The van der Waals surface area contributed by atoms with Gasteiger partial charge in [-0.25, -0.2) is 0 Å². The lowest BCUT2D eigenvalue weighted by Crippen LogP contribution is -2.63. The van der Waals surface area contributed by atoms with Gasteiger partial charge in [-0.05, 0) is 30.9 Å². The number of rotatable bonds is 15. The summed E-state index contributed by atoms with van der Waals surface area (Å²) in [5.74, 6) is 6.53. The molecule has 192 valence electrons. The van der Waals surface area contributed by atoms with E-state index in [-0.39, 0.29) is 0 Å². The molecule has 8 nitrogen and oxygen atoms in total. The SMILES string of the molecule is CON(CCCCCCCCCCC#CCCc1cccnc1)C1OC(CO)[C@@H](O)[C@@H](O)[C@H]1O. The maximum Gasteiger partial charge on any atom is 0.162 e. The van der Waals surface area contributed by atoms with Crippen molar-refractivity contribution in [3.8, 4) is 11.8 Å². The van der Waals surface area contributed by atoms with Crippen LogP contribution in [0.25, 0.3) is 0 Å². The molecule has 1 aliphatic heterocycles. The summed E-state index contributed by atoms with van der Waals surface area (Å²) in [4.78, 5) is 9.44. The highest BCUT2D eigenvalue weighted by molar-refractivity contribution is 5.11. The van der Waals surface area contributed by atoms with Gasteiger partial charge in [0.1, 0.15) is 24.4 Å². The van der Waals surface area contributed by atoms with Crippen molar-refractivity contribution in [2.75, 3.05) is 20.3 Å². The lowest BCUT2D eigenvalue weighted by Gasteiger charge is -2.43. The van der Waals surface area contributed by atoms with E-state index in [1.54, 1.807) is 6.20 Å². The number of unbranched alkanes of at least 4 members (excludes halogenated alkanes) is 8. The van der Waals surface area contributed by atoms with Crippen molar-refractivity contribution in [2.24, 2.45) is 0 Å². The van der Waals surface area contributed by atoms with Crippen LogP contribution in [0.1, 0.15) is 69.8 Å². The molecular weight excluding hydrogens is 436 g/mol. The summed E-state index contributed by atoms with van der Waals surface area (Å²) in [6, 6.07) is 4.05. The molecule has 1 aromatic heterocycles. The number of pyridine rings is 1. The molecule has 2 heterocycles. The lowest BCUT2D eigenvalue weighted by molar-refractivity contribution is -0.328. The summed E-state index contributed by atoms with van der Waals surface area (Å²) < 4.78 is 5.55. The molecule has 0 radical (unpaired) electrons. The van der Waals surface area contributed by atoms with Crippen LogP contribution in [-0.4, -0.2) is 81.4 Å². The molecule has 2 rings (SSSR count). The van der Waals surface area contributed by atoms with Gasteiger partial charge in [-0.2, -0.15) is 5.06 Å². The summed E-state index contributed by atoms with van der Waals surface area (Å²) >= 11 is 0. The molecule has 0 amide bonds. The molecule has 8 heteroatoms. The van der Waals surface area contributed by atoms with E-state index in [2.05, 4.69) is 22.9 Å². The summed E-state index contributed by atoms with van der Waals surface area (Å²) in [5, 5.41) is 40.9. The lowest BCUT2D eigenvalue weighted by atomic mass is 9.98. The number of aromatic nitrogens is 1. The third-order valence-electron chi connectivity index (χ3n) is 6.20. The standard InChI is InChI=1S/C26H42N2O6/c1-33-28(26-25(32)24(31)23(30)22(20-29)34-26)18-13-11-9-7-5-3-2-4-6-8-10-12-15-21-16-14-17-27-19-21/h14,16-17,19,22-26,29-32H,2-7,9,11-13,15,18,20H2,1H3/t22?,23-,24-,25-,26?/m1/s1. The van der Waals surface area contributed by atoms with E-state index in [9.17, 15) is 20.4 Å². The first kappa shape index (κ1) is 28.7. The van der Waals surface area contributed by atoms with Crippen molar-refractivity contribution in [3.63, 3.8) is 0 Å². The van der Waals surface area contributed by atoms with Crippen LogP contribution in [0.15, 0.2) is 24.5 Å². The Morgan fingerprint density at radius 1 is 0.941 bits per heavy atom. The second kappa shape index (κ2) is 17.0. The highest BCUT2D eigenvalue weighted by atomic mass is 16.7. The van der Waals surface area contributed by atoms with Gasteiger partial charge in [0.25, 0.3) is 0 Å². The van der Waals surface area contributed by atoms with Crippen LogP contribution in [-0.2, 0) is 16.0 Å². The third kappa shape index (κ3) is 9.96. The molecule has 0 aliphatic carbocycles. The topological polar surface area (TPSA) is 116 Å². The van der Waals surface area contributed by atoms with Crippen molar-refractivity contribution >= 4 is 0 Å². The Hall–Kier alpha value is -1.57. The number of hydrogen-bond acceptors (Lipinski definition) is 8. The van der Waals surface area contributed by atoms with E-state index in [1.807, 2.05) is 12.3 Å². The Morgan fingerprint density at radius 2 is 1.62 bits per heavy atom. The van der Waals surface area contributed by atoms with Gasteiger partial charge in [0.05, 0.1) is 13.7 Å². The van der Waals surface area contributed by atoms with Crippen LogP contribution >= 0.6 is 0 Å². The predicted molar refractivity (Wildman–Crippen MR) is 129 cm³/mol. The van der Waals surface area contributed by atoms with Gasteiger partial charge in [-0.3, -0.25) is 9.82 Å². The molecule has 0 saturated carbocycles. The van der Waals surface area contributed by atoms with Crippen LogP contribution in [0.2, 0.25) is 0 Å². The number of aryl methyl sites for hydroxylation is 1. The maximum absolute atomic E-state index is 10.2. The number of aliphatic hydroxyl groups excluding tert-OH is 4. The molecule has 34 heavy (non-hydrogen) atoms. The normalized spacial score (nSPS) is 24.7. The number of nitrogens with zero attached hydrogens (tertiary/aromatic N) is 2. The summed E-state index contributed by atoms with van der Waals surface area (Å²) in [6.45, 7) is 0.0798. The molecule has 1 aromatic rings. The van der Waals surface area contributed by atoms with E-state index in [0.29, 0.717) is 6.54 Å². The fraction of sp³-hybridized carbons (Fsp3) is 0.731.